The second-order valence-electron chi connectivity index (χ2n) is 5.65. The lowest BCUT2D eigenvalue weighted by Gasteiger charge is -2.42. The van der Waals surface area contributed by atoms with Crippen LogP contribution < -0.4 is 32.4 Å². The molecule has 0 aromatic heterocycles. The monoisotopic (exact) mass is 324 g/mol. The van der Waals surface area contributed by atoms with Crippen LogP contribution in [0, 0.1) is 0 Å². The zero-order valence-corrected chi connectivity index (χ0v) is 13.1. The van der Waals surface area contributed by atoms with E-state index in [-0.39, 0.29) is 0 Å². The second-order valence-corrected chi connectivity index (χ2v) is 5.65. The Bertz CT molecular complexity index is 703. The molecule has 1 aliphatic rings. The number of ether oxygens (including phenoxy) is 2. The van der Waals surface area contributed by atoms with Gasteiger partial charge in [-0.1, -0.05) is 12.2 Å². The van der Waals surface area contributed by atoms with E-state index in [1.165, 1.54) is 0 Å². The number of allylic oxidation sites excluding steroid dienone is 2. The minimum Gasteiger partial charge on any atom is -0.463 e. The Kier molecular flexibility index (Phi) is 3.92. The molecule has 0 fully saturated rings. The van der Waals surface area contributed by atoms with Crippen LogP contribution in [0.4, 0.5) is 11.4 Å². The number of anilines is 2. The van der Waals surface area contributed by atoms with Crippen LogP contribution in [-0.2, 0) is 0 Å². The summed E-state index contributed by atoms with van der Waals surface area (Å²) in [6.45, 7) is 0. The number of benzene rings is 2. The van der Waals surface area contributed by atoms with Gasteiger partial charge in [-0.15, -0.1) is 0 Å². The van der Waals surface area contributed by atoms with Gasteiger partial charge in [-0.05, 0) is 60.7 Å². The molecule has 0 spiro atoms. The molecule has 0 saturated carbocycles. The third-order valence-corrected chi connectivity index (χ3v) is 3.74. The highest BCUT2D eigenvalue weighted by atomic mass is 16.6. The molecule has 0 aliphatic heterocycles. The number of hydrogen-bond acceptors (Lipinski definition) is 6. The molecule has 0 amide bonds. The summed E-state index contributed by atoms with van der Waals surface area (Å²) in [4.78, 5) is 0. The Morgan fingerprint density at radius 2 is 0.917 bits per heavy atom. The van der Waals surface area contributed by atoms with Gasteiger partial charge in [0.05, 0.1) is 0 Å². The average molecular weight is 324 g/mol. The molecule has 2 atom stereocenters. The molecule has 3 rings (SSSR count). The topological polar surface area (TPSA) is 123 Å². The molecule has 0 bridgehead atoms. The second kappa shape index (κ2) is 5.92. The maximum Gasteiger partial charge on any atom is 0.235 e. The highest BCUT2D eigenvalue weighted by molar-refractivity contribution is 5.44. The van der Waals surface area contributed by atoms with Crippen molar-refractivity contribution in [3.05, 3.63) is 72.8 Å². The van der Waals surface area contributed by atoms with Crippen LogP contribution in [0.25, 0.3) is 0 Å². The molecule has 1 aliphatic carbocycles. The predicted molar refractivity (Wildman–Crippen MR) is 95.1 cm³/mol. The van der Waals surface area contributed by atoms with Gasteiger partial charge >= 0.3 is 0 Å². The van der Waals surface area contributed by atoms with Crippen LogP contribution in [0.1, 0.15) is 0 Å². The van der Waals surface area contributed by atoms with Crippen molar-refractivity contribution in [2.24, 2.45) is 11.5 Å². The van der Waals surface area contributed by atoms with Gasteiger partial charge in [-0.2, -0.15) is 0 Å². The van der Waals surface area contributed by atoms with Crippen LogP contribution >= 0.6 is 0 Å². The van der Waals surface area contributed by atoms with Gasteiger partial charge in [0, 0.05) is 11.4 Å². The van der Waals surface area contributed by atoms with E-state index in [1.807, 2.05) is 0 Å². The zero-order valence-electron chi connectivity index (χ0n) is 13.1. The van der Waals surface area contributed by atoms with Crippen molar-refractivity contribution in [3.8, 4) is 11.5 Å². The molecule has 0 radical (unpaired) electrons. The van der Waals surface area contributed by atoms with E-state index in [4.69, 9.17) is 32.4 Å². The minimum absolute atomic E-state index is 0.530. The van der Waals surface area contributed by atoms with Crippen molar-refractivity contribution >= 4 is 11.4 Å². The molecular formula is C18H20N4O2. The van der Waals surface area contributed by atoms with Crippen LogP contribution in [0.3, 0.4) is 0 Å². The lowest BCUT2D eigenvalue weighted by atomic mass is 9.95. The highest BCUT2D eigenvalue weighted by Gasteiger charge is 2.49. The lowest BCUT2D eigenvalue weighted by Crippen LogP contribution is -2.70. The molecule has 24 heavy (non-hydrogen) atoms. The number of nitrogens with two attached hydrogens (primary N) is 4. The first kappa shape index (κ1) is 15.9. The van der Waals surface area contributed by atoms with Gasteiger partial charge < -0.3 is 20.9 Å². The van der Waals surface area contributed by atoms with Crippen molar-refractivity contribution < 1.29 is 9.47 Å². The van der Waals surface area contributed by atoms with Crippen LogP contribution in [0.2, 0.25) is 0 Å². The molecule has 6 nitrogen and oxygen atoms in total. The lowest BCUT2D eigenvalue weighted by molar-refractivity contribution is -0.0515. The SMILES string of the molecule is Nc1ccc(OC2(N)C=CC=CC2(N)Oc2ccc(N)cc2)cc1. The van der Waals surface area contributed by atoms with Crippen molar-refractivity contribution in [3.63, 3.8) is 0 Å². The van der Waals surface area contributed by atoms with Gasteiger partial charge in [0.1, 0.15) is 11.5 Å². The van der Waals surface area contributed by atoms with Gasteiger partial charge in [-0.3, -0.25) is 11.5 Å². The fourth-order valence-electron chi connectivity index (χ4n) is 2.35. The summed E-state index contributed by atoms with van der Waals surface area (Å²) in [5, 5.41) is 0. The molecule has 2 unspecified atom stereocenters. The first-order chi connectivity index (χ1) is 11.4. The largest absolute Gasteiger partial charge is 0.463 e. The molecule has 6 heteroatoms. The summed E-state index contributed by atoms with van der Waals surface area (Å²) >= 11 is 0. The fourth-order valence-corrected chi connectivity index (χ4v) is 2.35. The highest BCUT2D eigenvalue weighted by Crippen LogP contribution is 2.31. The standard InChI is InChI=1S/C18H20N4O2/c19-13-3-7-15(8-4-13)23-17(21)11-1-2-12-18(17,22)24-16-9-5-14(20)6-10-16/h1-12H,19-22H2. The molecule has 0 saturated heterocycles. The van der Waals surface area contributed by atoms with E-state index in [0.717, 1.165) is 0 Å². The van der Waals surface area contributed by atoms with E-state index in [9.17, 15) is 0 Å². The summed E-state index contributed by atoms with van der Waals surface area (Å²) < 4.78 is 11.8. The third kappa shape index (κ3) is 3.05. The van der Waals surface area contributed by atoms with Gasteiger partial charge in [-0.25, -0.2) is 0 Å². The molecule has 2 aromatic rings. The van der Waals surface area contributed by atoms with E-state index in [0.29, 0.717) is 22.9 Å². The molecular weight excluding hydrogens is 304 g/mol. The maximum absolute atomic E-state index is 6.42. The Morgan fingerprint density at radius 1 is 0.583 bits per heavy atom. The predicted octanol–water partition coefficient (Wildman–Crippen LogP) is 1.74. The summed E-state index contributed by atoms with van der Waals surface area (Å²) in [5.74, 6) is 1.06. The summed E-state index contributed by atoms with van der Waals surface area (Å²) in [5.41, 5.74) is 22.7. The molecule has 8 N–H and O–H groups in total. The molecule has 0 heterocycles. The Balaban J connectivity index is 1.88. The Morgan fingerprint density at radius 3 is 1.25 bits per heavy atom. The van der Waals surface area contributed by atoms with Gasteiger partial charge in [0.2, 0.25) is 11.4 Å². The quantitative estimate of drug-likeness (QED) is 0.502. The molecule has 2 aromatic carbocycles. The normalized spacial score (nSPS) is 25.4. The van der Waals surface area contributed by atoms with Gasteiger partial charge in [0.15, 0.2) is 0 Å². The van der Waals surface area contributed by atoms with Gasteiger partial charge in [0.25, 0.3) is 0 Å². The van der Waals surface area contributed by atoms with Crippen molar-refractivity contribution in [2.45, 2.75) is 11.4 Å². The van der Waals surface area contributed by atoms with E-state index in [1.54, 1.807) is 72.8 Å². The molecule has 124 valence electrons. The number of hydrogen-bond donors (Lipinski definition) is 4. The van der Waals surface area contributed by atoms with Crippen molar-refractivity contribution in [2.75, 3.05) is 11.5 Å². The van der Waals surface area contributed by atoms with E-state index < -0.39 is 11.4 Å². The summed E-state index contributed by atoms with van der Waals surface area (Å²) in [6.07, 6.45) is 6.82. The number of rotatable bonds is 4. The van der Waals surface area contributed by atoms with Crippen LogP contribution in [-0.4, -0.2) is 11.4 Å². The van der Waals surface area contributed by atoms with Crippen molar-refractivity contribution in [1.82, 2.24) is 0 Å². The maximum atomic E-state index is 6.42. The zero-order chi connectivity index (χ0) is 17.2. The first-order valence-electron chi connectivity index (χ1n) is 7.44. The van der Waals surface area contributed by atoms with Crippen molar-refractivity contribution in [1.29, 1.82) is 0 Å². The van der Waals surface area contributed by atoms with E-state index in [2.05, 4.69) is 0 Å². The fraction of sp³-hybridized carbons (Fsp3) is 0.111. The smallest absolute Gasteiger partial charge is 0.235 e. The first-order valence-corrected chi connectivity index (χ1v) is 7.44. The van der Waals surface area contributed by atoms with E-state index >= 15 is 0 Å². The van der Waals surface area contributed by atoms with Crippen LogP contribution in [0.15, 0.2) is 72.8 Å². The Labute approximate surface area is 140 Å². The third-order valence-electron chi connectivity index (χ3n) is 3.74. The Hall–Kier alpha value is -2.96. The summed E-state index contributed by atoms with van der Waals surface area (Å²) in [7, 11) is 0. The summed E-state index contributed by atoms with van der Waals surface area (Å²) in [6, 6.07) is 13.8. The average Bonchev–Trinajstić information content (AvgIpc) is 2.55. The number of nitrogen functional groups attached to an aromatic ring is 2. The minimum atomic E-state index is -1.40. The van der Waals surface area contributed by atoms with Crippen LogP contribution in [0.5, 0.6) is 11.5 Å².